The van der Waals surface area contributed by atoms with Crippen LogP contribution in [-0.2, 0) is 5.54 Å². The Morgan fingerprint density at radius 3 is 1.96 bits per heavy atom. The molecule has 4 aromatic carbocycles. The van der Waals surface area contributed by atoms with Gasteiger partial charge in [0.05, 0.1) is 18.8 Å². The van der Waals surface area contributed by atoms with Crippen molar-refractivity contribution in [1.29, 1.82) is 0 Å². The highest BCUT2D eigenvalue weighted by molar-refractivity contribution is 6.42. The van der Waals surface area contributed by atoms with Crippen molar-refractivity contribution in [2.75, 3.05) is 20.3 Å². The van der Waals surface area contributed by atoms with E-state index in [9.17, 15) is 8.63 Å². The van der Waals surface area contributed by atoms with Crippen LogP contribution in [-0.4, -0.2) is 37.0 Å². The number of aromatic nitrogens is 1. The summed E-state index contributed by atoms with van der Waals surface area (Å²) in [4.78, 5) is 2.15. The van der Waals surface area contributed by atoms with E-state index in [1.165, 1.54) is 0 Å². The molecule has 0 amide bonds. The zero-order valence-electron chi connectivity index (χ0n) is 27.1. The van der Waals surface area contributed by atoms with Crippen molar-refractivity contribution < 1.29 is 18.1 Å². The van der Waals surface area contributed by atoms with Crippen LogP contribution >= 0.6 is 0 Å². The average Bonchev–Trinajstić information content (AvgIpc) is 3.62. The molecule has 236 valence electrons. The number of ether oxygens (including phenoxy) is 2. The third-order valence-electron chi connectivity index (χ3n) is 9.14. The maximum Gasteiger partial charge on any atom is 0.678 e. The van der Waals surface area contributed by atoms with Gasteiger partial charge in [0.25, 0.3) is 0 Å². The number of fused-ring (bicyclic) bond motifs is 2. The first-order valence-corrected chi connectivity index (χ1v) is 16.3. The summed E-state index contributed by atoms with van der Waals surface area (Å²) >= 11 is 0. The van der Waals surface area contributed by atoms with Crippen LogP contribution in [0.5, 0.6) is 11.5 Å². The molecule has 0 N–H and O–H groups in total. The second-order valence-electron chi connectivity index (χ2n) is 12.3. The summed E-state index contributed by atoms with van der Waals surface area (Å²) in [5.41, 5.74) is 3.23. The Morgan fingerprint density at radius 1 is 0.739 bits per heavy atom. The molecule has 0 saturated carbocycles. The van der Waals surface area contributed by atoms with Gasteiger partial charge in [0.2, 0.25) is 0 Å². The van der Waals surface area contributed by atoms with E-state index in [4.69, 9.17) is 9.47 Å². The fourth-order valence-electron chi connectivity index (χ4n) is 6.13. The number of hydrogen-bond donors (Lipinski definition) is 0. The molecule has 7 heteroatoms. The first-order valence-electron chi connectivity index (χ1n) is 16.3. The van der Waals surface area contributed by atoms with E-state index in [1.807, 2.05) is 61.7 Å². The van der Waals surface area contributed by atoms with Crippen LogP contribution in [0.4, 0.5) is 8.63 Å². The van der Waals surface area contributed by atoms with Crippen molar-refractivity contribution in [2.45, 2.75) is 52.0 Å². The van der Waals surface area contributed by atoms with E-state index in [0.717, 1.165) is 86.6 Å². The van der Waals surface area contributed by atoms with Gasteiger partial charge >= 0.3 is 7.40 Å². The molecule has 0 radical (unpaired) electrons. The number of halogens is 2. The summed E-state index contributed by atoms with van der Waals surface area (Å²) in [5, 5.41) is 4.25. The molecule has 46 heavy (non-hydrogen) atoms. The maximum absolute atomic E-state index is 14.6. The zero-order chi connectivity index (χ0) is 32.3. The number of allylic oxidation sites excluding steroid dienone is 1. The monoisotopic (exact) mass is 618 g/mol. The largest absolute Gasteiger partial charge is 0.678 e. The Hall–Kier alpha value is -4.52. The molecule has 0 spiro atoms. The first kappa shape index (κ1) is 31.5. The fourth-order valence-corrected chi connectivity index (χ4v) is 6.13. The van der Waals surface area contributed by atoms with Crippen LogP contribution in [0.2, 0.25) is 0 Å². The van der Waals surface area contributed by atoms with Crippen molar-refractivity contribution in [2.24, 2.45) is 0 Å². The number of nitrogens with zero attached hydrogens (tertiary/aromatic N) is 2. The van der Waals surface area contributed by atoms with Crippen LogP contribution < -0.4 is 9.47 Å². The molecule has 1 unspecified atom stereocenters. The molecular weight excluding hydrogens is 577 g/mol. The molecule has 6 rings (SSSR count). The van der Waals surface area contributed by atoms with Gasteiger partial charge in [-0.05, 0) is 113 Å². The number of benzene rings is 4. The topological polar surface area (TPSA) is 26.6 Å². The fraction of sp³-hybridized carbons (Fsp3) is 0.282. The third kappa shape index (κ3) is 6.28. The highest BCUT2D eigenvalue weighted by Gasteiger charge is 2.34. The Bertz CT molecular complexity index is 1910. The summed E-state index contributed by atoms with van der Waals surface area (Å²) in [7, 11) is -0.679. The molecule has 4 nitrogen and oxygen atoms in total. The van der Waals surface area contributed by atoms with E-state index in [2.05, 4.69) is 62.1 Å². The third-order valence-corrected chi connectivity index (χ3v) is 9.14. The molecule has 1 aliphatic heterocycles. The normalized spacial score (nSPS) is 17.0. The van der Waals surface area contributed by atoms with Gasteiger partial charge in [-0.3, -0.25) is 8.63 Å². The van der Waals surface area contributed by atoms with Crippen LogP contribution in [0.25, 0.3) is 38.9 Å². The summed E-state index contributed by atoms with van der Waals surface area (Å²) in [6, 6.07) is 28.0. The van der Waals surface area contributed by atoms with E-state index >= 15 is 0 Å². The Kier molecular flexibility index (Phi) is 9.21. The summed E-state index contributed by atoms with van der Waals surface area (Å²) in [5.74, 6) is 1.71. The minimum atomic E-state index is -2.69. The number of likely N-dealkylation sites (N-methyl/N-ethyl adjacent to an activating group) is 1. The molecule has 5 aromatic rings. The molecule has 1 aliphatic rings. The van der Waals surface area contributed by atoms with Gasteiger partial charge in [0.1, 0.15) is 11.5 Å². The number of unbranched alkanes of at least 4 members (excludes halogenated alkanes) is 2. The van der Waals surface area contributed by atoms with Crippen molar-refractivity contribution in [3.63, 3.8) is 0 Å². The van der Waals surface area contributed by atoms with Crippen molar-refractivity contribution in [3.05, 3.63) is 114 Å². The Balaban J connectivity index is 1.25. The first-order chi connectivity index (χ1) is 22.3. The average molecular weight is 619 g/mol. The zero-order valence-corrected chi connectivity index (χ0v) is 27.1. The lowest BCUT2D eigenvalue weighted by molar-refractivity contribution is 0.270. The molecule has 1 atom stereocenters. The minimum Gasteiger partial charge on any atom is -0.494 e. The van der Waals surface area contributed by atoms with Crippen LogP contribution in [0, 0.1) is 0 Å². The van der Waals surface area contributed by atoms with Gasteiger partial charge in [-0.2, -0.15) is 0 Å². The van der Waals surface area contributed by atoms with Crippen molar-refractivity contribution in [1.82, 2.24) is 9.38 Å². The van der Waals surface area contributed by atoms with Crippen molar-refractivity contribution in [3.8, 4) is 22.8 Å². The lowest BCUT2D eigenvalue weighted by Gasteiger charge is -2.35. The summed E-state index contributed by atoms with van der Waals surface area (Å²) in [6.07, 6.45) is 10.2. The maximum atomic E-state index is 14.6. The standard InChI is InChI=1S/C39H41BF2N2O2/c1-5-7-21-45-36-16-12-28-23-32(10-9-30(28)25-36)38-18-15-35(44(38)40(41)42)27-34-19-20-39(3,43(34)4)33-14-11-31-26-37(46-22-8-6-2)17-13-29(31)24-33/h9-20,23-27H,5-8,21-22H2,1-4H3/b34-27-. The Morgan fingerprint density at radius 2 is 1.33 bits per heavy atom. The lowest BCUT2D eigenvalue weighted by atomic mass is 9.90. The molecular formula is C39H41BF2N2O2. The molecule has 0 aliphatic carbocycles. The predicted molar refractivity (Wildman–Crippen MR) is 188 cm³/mol. The van der Waals surface area contributed by atoms with E-state index < -0.39 is 12.9 Å². The predicted octanol–water partition coefficient (Wildman–Crippen LogP) is 10.3. The SMILES string of the molecule is CCCCOc1ccc2cc(-c3ccc(/C=C4/C=CC(C)(c5ccc6cc(OCCCC)ccc6c5)N4C)n3B(F)F)ccc2c1. The number of rotatable bonds is 12. The Labute approximate surface area is 271 Å². The molecule has 0 fully saturated rings. The van der Waals surface area contributed by atoms with Gasteiger partial charge in [0, 0.05) is 24.1 Å². The van der Waals surface area contributed by atoms with Crippen molar-refractivity contribution >= 4 is 35.0 Å². The van der Waals surface area contributed by atoms with E-state index in [0.29, 0.717) is 18.0 Å². The van der Waals surface area contributed by atoms with E-state index in [1.54, 1.807) is 12.1 Å². The molecule has 0 bridgehead atoms. The van der Waals surface area contributed by atoms with Gasteiger partial charge in [-0.15, -0.1) is 0 Å². The second kappa shape index (κ2) is 13.5. The summed E-state index contributed by atoms with van der Waals surface area (Å²) in [6.45, 7) is 7.84. The molecule has 1 aromatic heterocycles. The smallest absolute Gasteiger partial charge is 0.494 e. The second-order valence-corrected chi connectivity index (χ2v) is 12.3. The van der Waals surface area contributed by atoms with Gasteiger partial charge in [-0.1, -0.05) is 69.2 Å². The molecule has 2 heterocycles. The van der Waals surface area contributed by atoms with Crippen LogP contribution in [0.3, 0.4) is 0 Å². The van der Waals surface area contributed by atoms with Crippen LogP contribution in [0.15, 0.2) is 103 Å². The van der Waals surface area contributed by atoms with Gasteiger partial charge in [-0.25, -0.2) is 0 Å². The highest BCUT2D eigenvalue weighted by Crippen LogP contribution is 2.40. The lowest BCUT2D eigenvalue weighted by Crippen LogP contribution is -2.34. The number of hydrogen-bond acceptors (Lipinski definition) is 3. The minimum absolute atomic E-state index is 0.432. The molecule has 0 saturated heterocycles. The van der Waals surface area contributed by atoms with Gasteiger partial charge < -0.3 is 18.9 Å². The van der Waals surface area contributed by atoms with Crippen LogP contribution in [0.1, 0.15) is 57.7 Å². The summed E-state index contributed by atoms with van der Waals surface area (Å²) < 4.78 is 42.2. The quantitative estimate of drug-likeness (QED) is 0.103. The van der Waals surface area contributed by atoms with Gasteiger partial charge in [0.15, 0.2) is 0 Å². The highest BCUT2D eigenvalue weighted by atomic mass is 19.2. The van der Waals surface area contributed by atoms with E-state index in [-0.39, 0.29) is 0 Å².